The standard InChI is InChI=1S/C19H20N2O2/c1-14(22)21-17-10-6-5-9-16(17)13-18(21)19(23)20-12-11-15-7-3-2-4-8-15/h2-10,18H,11-13H2,1H3,(H,20,23)/t18-/m1/s1. The summed E-state index contributed by atoms with van der Waals surface area (Å²) < 4.78 is 0. The molecular weight excluding hydrogens is 288 g/mol. The zero-order valence-electron chi connectivity index (χ0n) is 13.2. The first-order valence-electron chi connectivity index (χ1n) is 7.86. The number of carbonyl (C=O) groups excluding carboxylic acids is 2. The van der Waals surface area contributed by atoms with Gasteiger partial charge < -0.3 is 5.32 Å². The van der Waals surface area contributed by atoms with Gasteiger partial charge in [0.05, 0.1) is 0 Å². The summed E-state index contributed by atoms with van der Waals surface area (Å²) in [6.45, 7) is 2.08. The van der Waals surface area contributed by atoms with E-state index in [1.807, 2.05) is 54.6 Å². The molecule has 0 aromatic heterocycles. The minimum atomic E-state index is -0.444. The zero-order valence-corrected chi connectivity index (χ0v) is 13.2. The lowest BCUT2D eigenvalue weighted by atomic mass is 10.1. The number of carbonyl (C=O) groups is 2. The SMILES string of the molecule is CC(=O)N1c2ccccc2C[C@@H]1C(=O)NCCc1ccccc1. The molecule has 0 bridgehead atoms. The molecule has 118 valence electrons. The molecule has 1 heterocycles. The van der Waals surface area contributed by atoms with Crippen LogP contribution in [0.3, 0.4) is 0 Å². The average molecular weight is 308 g/mol. The fraction of sp³-hybridized carbons (Fsp3) is 0.263. The molecule has 0 unspecified atom stereocenters. The van der Waals surface area contributed by atoms with Gasteiger partial charge in [0.25, 0.3) is 0 Å². The van der Waals surface area contributed by atoms with Gasteiger partial charge in [-0.2, -0.15) is 0 Å². The van der Waals surface area contributed by atoms with Crippen molar-refractivity contribution in [1.29, 1.82) is 0 Å². The van der Waals surface area contributed by atoms with E-state index in [1.165, 1.54) is 12.5 Å². The molecule has 2 aromatic carbocycles. The maximum atomic E-state index is 12.5. The summed E-state index contributed by atoms with van der Waals surface area (Å²) in [5, 5.41) is 2.96. The van der Waals surface area contributed by atoms with Crippen molar-refractivity contribution in [3.05, 3.63) is 65.7 Å². The molecule has 2 aromatic rings. The Hall–Kier alpha value is -2.62. The minimum Gasteiger partial charge on any atom is -0.354 e. The van der Waals surface area contributed by atoms with E-state index in [0.717, 1.165) is 17.7 Å². The molecule has 0 saturated heterocycles. The van der Waals surface area contributed by atoms with Crippen LogP contribution in [-0.4, -0.2) is 24.4 Å². The fourth-order valence-electron chi connectivity index (χ4n) is 3.08. The van der Waals surface area contributed by atoms with Gasteiger partial charge in [0, 0.05) is 25.6 Å². The van der Waals surface area contributed by atoms with E-state index in [0.29, 0.717) is 13.0 Å². The Morgan fingerprint density at radius 2 is 1.78 bits per heavy atom. The second-order valence-corrected chi connectivity index (χ2v) is 5.76. The van der Waals surface area contributed by atoms with Gasteiger partial charge in [-0.3, -0.25) is 14.5 Å². The monoisotopic (exact) mass is 308 g/mol. The molecule has 4 nitrogen and oxygen atoms in total. The highest BCUT2D eigenvalue weighted by Crippen LogP contribution is 2.32. The normalized spacial score (nSPS) is 16.0. The van der Waals surface area contributed by atoms with Crippen molar-refractivity contribution in [3.8, 4) is 0 Å². The largest absolute Gasteiger partial charge is 0.354 e. The molecule has 1 aliphatic heterocycles. The number of hydrogen-bond acceptors (Lipinski definition) is 2. The van der Waals surface area contributed by atoms with Crippen LogP contribution < -0.4 is 10.2 Å². The smallest absolute Gasteiger partial charge is 0.243 e. The summed E-state index contributed by atoms with van der Waals surface area (Å²) in [6.07, 6.45) is 1.36. The van der Waals surface area contributed by atoms with Gasteiger partial charge in [0.15, 0.2) is 0 Å². The van der Waals surface area contributed by atoms with Crippen molar-refractivity contribution in [3.63, 3.8) is 0 Å². The van der Waals surface area contributed by atoms with E-state index in [4.69, 9.17) is 0 Å². The van der Waals surface area contributed by atoms with Crippen LogP contribution in [0.1, 0.15) is 18.1 Å². The van der Waals surface area contributed by atoms with Crippen molar-refractivity contribution in [1.82, 2.24) is 5.32 Å². The molecule has 0 radical (unpaired) electrons. The van der Waals surface area contributed by atoms with Gasteiger partial charge in [-0.1, -0.05) is 48.5 Å². The Kier molecular flexibility index (Phi) is 4.42. The molecular formula is C19H20N2O2. The number of benzene rings is 2. The highest BCUT2D eigenvalue weighted by Gasteiger charge is 2.36. The summed E-state index contributed by atoms with van der Waals surface area (Å²) in [4.78, 5) is 26.1. The van der Waals surface area contributed by atoms with Crippen LogP contribution in [0.15, 0.2) is 54.6 Å². The fourth-order valence-corrected chi connectivity index (χ4v) is 3.08. The lowest BCUT2D eigenvalue weighted by molar-refractivity contribution is -0.125. The molecule has 0 saturated carbocycles. The molecule has 2 amide bonds. The van der Waals surface area contributed by atoms with E-state index in [2.05, 4.69) is 5.32 Å². The van der Waals surface area contributed by atoms with Crippen molar-refractivity contribution in [2.45, 2.75) is 25.8 Å². The van der Waals surface area contributed by atoms with E-state index in [1.54, 1.807) is 4.90 Å². The third-order valence-corrected chi connectivity index (χ3v) is 4.17. The molecule has 3 rings (SSSR count). The Bertz CT molecular complexity index is 712. The van der Waals surface area contributed by atoms with E-state index in [9.17, 15) is 9.59 Å². The molecule has 23 heavy (non-hydrogen) atoms. The van der Waals surface area contributed by atoms with Crippen LogP contribution in [0.4, 0.5) is 5.69 Å². The number of fused-ring (bicyclic) bond motifs is 1. The second kappa shape index (κ2) is 6.65. The van der Waals surface area contributed by atoms with Gasteiger partial charge in [0.1, 0.15) is 6.04 Å². The molecule has 1 N–H and O–H groups in total. The molecule has 0 spiro atoms. The Labute approximate surface area is 136 Å². The van der Waals surface area contributed by atoms with Crippen LogP contribution >= 0.6 is 0 Å². The number of hydrogen-bond donors (Lipinski definition) is 1. The van der Waals surface area contributed by atoms with E-state index >= 15 is 0 Å². The lowest BCUT2D eigenvalue weighted by Gasteiger charge is -2.23. The van der Waals surface area contributed by atoms with Crippen LogP contribution in [0.2, 0.25) is 0 Å². The van der Waals surface area contributed by atoms with Crippen LogP contribution in [0, 0.1) is 0 Å². The molecule has 0 aliphatic carbocycles. The molecule has 4 heteroatoms. The number of anilines is 1. The first kappa shape index (κ1) is 15.3. The van der Waals surface area contributed by atoms with Crippen molar-refractivity contribution < 1.29 is 9.59 Å². The quantitative estimate of drug-likeness (QED) is 0.942. The summed E-state index contributed by atoms with van der Waals surface area (Å²) in [5.41, 5.74) is 3.08. The van der Waals surface area contributed by atoms with Crippen LogP contribution in [0.25, 0.3) is 0 Å². The van der Waals surface area contributed by atoms with Crippen LogP contribution in [-0.2, 0) is 22.4 Å². The Morgan fingerprint density at radius 1 is 1.09 bits per heavy atom. The summed E-state index contributed by atoms with van der Waals surface area (Å²) in [7, 11) is 0. The average Bonchev–Trinajstić information content (AvgIpc) is 2.95. The highest BCUT2D eigenvalue weighted by atomic mass is 16.2. The van der Waals surface area contributed by atoms with E-state index < -0.39 is 6.04 Å². The number of para-hydroxylation sites is 1. The Morgan fingerprint density at radius 3 is 2.52 bits per heavy atom. The first-order chi connectivity index (χ1) is 11.2. The maximum Gasteiger partial charge on any atom is 0.243 e. The highest BCUT2D eigenvalue weighted by molar-refractivity contribution is 6.02. The molecule has 1 aliphatic rings. The number of amides is 2. The van der Waals surface area contributed by atoms with Gasteiger partial charge in [-0.25, -0.2) is 0 Å². The molecule has 1 atom stereocenters. The van der Waals surface area contributed by atoms with Gasteiger partial charge in [-0.05, 0) is 23.6 Å². The van der Waals surface area contributed by atoms with E-state index in [-0.39, 0.29) is 11.8 Å². The predicted molar refractivity (Wildman–Crippen MR) is 90.2 cm³/mol. The predicted octanol–water partition coefficient (Wildman–Crippen LogP) is 2.32. The summed E-state index contributed by atoms with van der Waals surface area (Å²) in [6, 6.07) is 17.3. The third kappa shape index (κ3) is 3.26. The molecule has 0 fully saturated rings. The van der Waals surface area contributed by atoms with Crippen LogP contribution in [0.5, 0.6) is 0 Å². The number of nitrogens with one attached hydrogen (secondary N) is 1. The van der Waals surface area contributed by atoms with Crippen molar-refractivity contribution >= 4 is 17.5 Å². The van der Waals surface area contributed by atoms with Gasteiger partial charge in [-0.15, -0.1) is 0 Å². The van der Waals surface area contributed by atoms with Crippen molar-refractivity contribution in [2.24, 2.45) is 0 Å². The summed E-state index contributed by atoms with van der Waals surface area (Å²) in [5.74, 6) is -0.189. The topological polar surface area (TPSA) is 49.4 Å². The number of rotatable bonds is 4. The third-order valence-electron chi connectivity index (χ3n) is 4.17. The maximum absolute atomic E-state index is 12.5. The second-order valence-electron chi connectivity index (χ2n) is 5.76. The minimum absolute atomic E-state index is 0.0904. The zero-order chi connectivity index (χ0) is 16.2. The summed E-state index contributed by atoms with van der Waals surface area (Å²) >= 11 is 0. The van der Waals surface area contributed by atoms with Gasteiger partial charge in [0.2, 0.25) is 11.8 Å². The first-order valence-corrected chi connectivity index (χ1v) is 7.86. The Balaban J connectivity index is 1.64. The lowest BCUT2D eigenvalue weighted by Crippen LogP contribution is -2.47. The number of nitrogens with zero attached hydrogens (tertiary/aromatic N) is 1. The van der Waals surface area contributed by atoms with Gasteiger partial charge >= 0.3 is 0 Å². The van der Waals surface area contributed by atoms with Crippen molar-refractivity contribution in [2.75, 3.05) is 11.4 Å².